The number of aromatic nitrogens is 1. The number of amides is 1. The van der Waals surface area contributed by atoms with Crippen LogP contribution in [0.2, 0.25) is 5.02 Å². The van der Waals surface area contributed by atoms with Crippen LogP contribution in [0.15, 0.2) is 67.0 Å². The maximum Gasteiger partial charge on any atom is 0.257 e. The van der Waals surface area contributed by atoms with Gasteiger partial charge in [-0.05, 0) is 43.3 Å². The van der Waals surface area contributed by atoms with Gasteiger partial charge < -0.3 is 10.6 Å². The van der Waals surface area contributed by atoms with Crippen LogP contribution in [0, 0.1) is 6.92 Å². The highest BCUT2D eigenvalue weighted by atomic mass is 35.5. The molecule has 0 aliphatic carbocycles. The van der Waals surface area contributed by atoms with E-state index in [0.29, 0.717) is 16.3 Å². The third-order valence-corrected chi connectivity index (χ3v) is 3.66. The van der Waals surface area contributed by atoms with Gasteiger partial charge in [-0.2, -0.15) is 0 Å². The first-order valence-corrected chi connectivity index (χ1v) is 7.83. The van der Waals surface area contributed by atoms with Crippen LogP contribution in [0.5, 0.6) is 0 Å². The number of halogens is 1. The number of nitrogens with zero attached hydrogens (tertiary/aromatic N) is 1. The minimum atomic E-state index is -0.207. The fourth-order valence-electron chi connectivity index (χ4n) is 2.21. The Kier molecular flexibility index (Phi) is 4.77. The number of anilines is 3. The number of hydrogen-bond donors (Lipinski definition) is 2. The van der Waals surface area contributed by atoms with Crippen molar-refractivity contribution in [2.45, 2.75) is 6.92 Å². The lowest BCUT2D eigenvalue weighted by molar-refractivity contribution is 0.102. The molecule has 0 fully saturated rings. The zero-order chi connectivity index (χ0) is 16.9. The molecule has 3 aromatic rings. The van der Waals surface area contributed by atoms with Crippen LogP contribution in [0.25, 0.3) is 0 Å². The highest BCUT2D eigenvalue weighted by molar-refractivity contribution is 6.30. The average Bonchev–Trinajstić information content (AvgIpc) is 2.57. The van der Waals surface area contributed by atoms with Crippen molar-refractivity contribution in [2.75, 3.05) is 10.6 Å². The van der Waals surface area contributed by atoms with Gasteiger partial charge in [0.25, 0.3) is 5.91 Å². The predicted molar refractivity (Wildman–Crippen MR) is 98.1 cm³/mol. The zero-order valence-electron chi connectivity index (χ0n) is 13.1. The quantitative estimate of drug-likeness (QED) is 0.701. The fourth-order valence-corrected chi connectivity index (χ4v) is 2.40. The molecule has 2 N–H and O–H groups in total. The summed E-state index contributed by atoms with van der Waals surface area (Å²) in [4.78, 5) is 16.5. The van der Waals surface area contributed by atoms with Gasteiger partial charge in [-0.25, -0.2) is 0 Å². The van der Waals surface area contributed by atoms with Gasteiger partial charge in [0.15, 0.2) is 0 Å². The molecule has 2 aromatic carbocycles. The Morgan fingerprint density at radius 3 is 2.50 bits per heavy atom. The molecule has 5 heteroatoms. The van der Waals surface area contributed by atoms with E-state index in [2.05, 4.69) is 15.6 Å². The van der Waals surface area contributed by atoms with Crippen LogP contribution in [-0.4, -0.2) is 10.9 Å². The van der Waals surface area contributed by atoms with Gasteiger partial charge in [-0.1, -0.05) is 35.4 Å². The number of carbonyl (C=O) groups is 1. The molecule has 0 saturated carbocycles. The van der Waals surface area contributed by atoms with Gasteiger partial charge in [0.2, 0.25) is 0 Å². The second-order valence-electron chi connectivity index (χ2n) is 5.42. The fraction of sp³-hybridized carbons (Fsp3) is 0.0526. The molecule has 0 bridgehead atoms. The lowest BCUT2D eigenvalue weighted by Crippen LogP contribution is -2.12. The number of hydrogen-bond acceptors (Lipinski definition) is 3. The van der Waals surface area contributed by atoms with Gasteiger partial charge in [0, 0.05) is 22.6 Å². The van der Waals surface area contributed by atoms with Crippen LogP contribution >= 0.6 is 11.6 Å². The molecule has 3 rings (SSSR count). The second kappa shape index (κ2) is 7.15. The third-order valence-electron chi connectivity index (χ3n) is 3.42. The maximum atomic E-state index is 12.4. The Morgan fingerprint density at radius 1 is 0.958 bits per heavy atom. The molecule has 0 unspecified atom stereocenters. The SMILES string of the molecule is Cc1ccc(NC(=O)c2cncc(Nc3cccc(Cl)c3)c2)cc1. The van der Waals surface area contributed by atoms with Crippen LogP contribution in [0.4, 0.5) is 17.1 Å². The van der Waals surface area contributed by atoms with Crippen molar-refractivity contribution in [3.63, 3.8) is 0 Å². The Hall–Kier alpha value is -2.85. The van der Waals surface area contributed by atoms with E-state index in [-0.39, 0.29) is 5.91 Å². The molecule has 120 valence electrons. The summed E-state index contributed by atoms with van der Waals surface area (Å²) in [5.74, 6) is -0.207. The average molecular weight is 338 g/mol. The number of pyridine rings is 1. The normalized spacial score (nSPS) is 10.2. The molecule has 0 radical (unpaired) electrons. The highest BCUT2D eigenvalue weighted by Crippen LogP contribution is 2.20. The first-order valence-electron chi connectivity index (χ1n) is 7.46. The van der Waals surface area contributed by atoms with Crippen LogP contribution in [0.1, 0.15) is 15.9 Å². The van der Waals surface area contributed by atoms with E-state index in [1.807, 2.05) is 43.3 Å². The molecule has 1 aromatic heterocycles. The second-order valence-corrected chi connectivity index (χ2v) is 5.85. The summed E-state index contributed by atoms with van der Waals surface area (Å²) < 4.78 is 0. The molecule has 0 aliphatic heterocycles. The lowest BCUT2D eigenvalue weighted by Gasteiger charge is -2.09. The Labute approximate surface area is 145 Å². The molecule has 0 saturated heterocycles. The van der Waals surface area contributed by atoms with Crippen molar-refractivity contribution >= 4 is 34.6 Å². The standard InChI is InChI=1S/C19H16ClN3O/c1-13-5-7-16(8-6-13)23-19(24)14-9-18(12-21-11-14)22-17-4-2-3-15(20)10-17/h2-12,22H,1H3,(H,23,24). The van der Waals surface area contributed by atoms with Gasteiger partial charge in [0.05, 0.1) is 17.4 Å². The van der Waals surface area contributed by atoms with Gasteiger partial charge in [-0.3, -0.25) is 9.78 Å². The van der Waals surface area contributed by atoms with Crippen molar-refractivity contribution in [2.24, 2.45) is 0 Å². The first-order chi connectivity index (χ1) is 11.6. The van der Waals surface area contributed by atoms with Crippen molar-refractivity contribution in [3.8, 4) is 0 Å². The third kappa shape index (κ3) is 4.12. The van der Waals surface area contributed by atoms with E-state index in [1.165, 1.54) is 6.20 Å². The van der Waals surface area contributed by atoms with E-state index in [4.69, 9.17) is 11.6 Å². The van der Waals surface area contributed by atoms with Crippen LogP contribution in [-0.2, 0) is 0 Å². The predicted octanol–water partition coefficient (Wildman–Crippen LogP) is 5.04. The molecule has 0 spiro atoms. The summed E-state index contributed by atoms with van der Waals surface area (Å²) in [6, 6.07) is 16.7. The van der Waals surface area contributed by atoms with Crippen molar-refractivity contribution in [1.82, 2.24) is 4.98 Å². The van der Waals surface area contributed by atoms with E-state index < -0.39 is 0 Å². The Bertz CT molecular complexity index is 862. The summed E-state index contributed by atoms with van der Waals surface area (Å²) in [6.45, 7) is 2.00. The first kappa shape index (κ1) is 16.0. The topological polar surface area (TPSA) is 54.0 Å². The minimum Gasteiger partial charge on any atom is -0.354 e. The summed E-state index contributed by atoms with van der Waals surface area (Å²) in [5.41, 5.74) is 3.91. The smallest absolute Gasteiger partial charge is 0.257 e. The molecule has 1 amide bonds. The molecular weight excluding hydrogens is 322 g/mol. The number of benzene rings is 2. The summed E-state index contributed by atoms with van der Waals surface area (Å²) in [7, 11) is 0. The number of aryl methyl sites for hydroxylation is 1. The summed E-state index contributed by atoms with van der Waals surface area (Å²) in [6.07, 6.45) is 3.19. The summed E-state index contributed by atoms with van der Waals surface area (Å²) in [5, 5.41) is 6.68. The van der Waals surface area contributed by atoms with E-state index >= 15 is 0 Å². The van der Waals surface area contributed by atoms with Gasteiger partial charge in [0.1, 0.15) is 0 Å². The molecular formula is C19H16ClN3O. The van der Waals surface area contributed by atoms with Crippen molar-refractivity contribution in [1.29, 1.82) is 0 Å². The van der Waals surface area contributed by atoms with Gasteiger partial charge >= 0.3 is 0 Å². The van der Waals surface area contributed by atoms with E-state index in [0.717, 1.165) is 16.9 Å². The Balaban J connectivity index is 1.74. The van der Waals surface area contributed by atoms with Crippen molar-refractivity contribution in [3.05, 3.63) is 83.1 Å². The van der Waals surface area contributed by atoms with Crippen LogP contribution in [0.3, 0.4) is 0 Å². The lowest BCUT2D eigenvalue weighted by atomic mass is 10.2. The monoisotopic (exact) mass is 337 g/mol. The number of rotatable bonds is 4. The zero-order valence-corrected chi connectivity index (χ0v) is 13.8. The highest BCUT2D eigenvalue weighted by Gasteiger charge is 2.08. The number of nitrogens with one attached hydrogen (secondary N) is 2. The molecule has 1 heterocycles. The minimum absolute atomic E-state index is 0.207. The molecule has 24 heavy (non-hydrogen) atoms. The molecule has 0 atom stereocenters. The number of carbonyl (C=O) groups excluding carboxylic acids is 1. The Morgan fingerprint density at radius 2 is 1.75 bits per heavy atom. The molecule has 4 nitrogen and oxygen atoms in total. The van der Waals surface area contributed by atoms with Crippen molar-refractivity contribution < 1.29 is 4.79 Å². The van der Waals surface area contributed by atoms with Gasteiger partial charge in [-0.15, -0.1) is 0 Å². The van der Waals surface area contributed by atoms with E-state index in [9.17, 15) is 4.79 Å². The maximum absolute atomic E-state index is 12.4. The van der Waals surface area contributed by atoms with Crippen LogP contribution < -0.4 is 10.6 Å². The largest absolute Gasteiger partial charge is 0.354 e. The molecule has 0 aliphatic rings. The van der Waals surface area contributed by atoms with E-state index in [1.54, 1.807) is 24.4 Å². The summed E-state index contributed by atoms with van der Waals surface area (Å²) >= 11 is 5.97.